The number of aromatic nitrogens is 2. The van der Waals surface area contributed by atoms with Crippen molar-refractivity contribution >= 4 is 33.3 Å². The SMILES string of the molecule is OCC1CC2CCC(C1)N2c1nc(N2CCOCC2)c2c(-c3ccccc3)csc2n1. The summed E-state index contributed by atoms with van der Waals surface area (Å²) < 4.78 is 5.63. The molecule has 2 atom stereocenters. The lowest BCUT2D eigenvalue weighted by Gasteiger charge is -2.39. The molecule has 0 aliphatic carbocycles. The topological polar surface area (TPSA) is 61.7 Å². The quantitative estimate of drug-likeness (QED) is 0.669. The Bertz CT molecular complexity index is 1050. The average molecular weight is 437 g/mol. The van der Waals surface area contributed by atoms with Crippen molar-refractivity contribution in [2.45, 2.75) is 37.8 Å². The van der Waals surface area contributed by atoms with Crippen LogP contribution in [0, 0.1) is 5.92 Å². The fraction of sp³-hybridized carbons (Fsp3) is 0.500. The molecule has 7 heteroatoms. The summed E-state index contributed by atoms with van der Waals surface area (Å²) >= 11 is 1.72. The molecule has 31 heavy (non-hydrogen) atoms. The number of aliphatic hydroxyl groups excluding tert-OH is 1. The molecule has 3 saturated heterocycles. The molecule has 3 aromatic rings. The minimum absolute atomic E-state index is 0.297. The van der Waals surface area contributed by atoms with Crippen LogP contribution in [0.5, 0.6) is 0 Å². The predicted molar refractivity (Wildman–Crippen MR) is 125 cm³/mol. The Balaban J connectivity index is 1.47. The van der Waals surface area contributed by atoms with Gasteiger partial charge in [-0.05, 0) is 37.2 Å². The van der Waals surface area contributed by atoms with E-state index in [2.05, 4.69) is 45.5 Å². The number of ether oxygens (including phenoxy) is 1. The Kier molecular flexibility index (Phi) is 5.05. The lowest BCUT2D eigenvalue weighted by molar-refractivity contribution is 0.122. The van der Waals surface area contributed by atoms with Crippen LogP contribution in [0.2, 0.25) is 0 Å². The van der Waals surface area contributed by atoms with Gasteiger partial charge in [-0.25, -0.2) is 4.98 Å². The smallest absolute Gasteiger partial charge is 0.229 e. The second-order valence-electron chi connectivity index (χ2n) is 8.95. The van der Waals surface area contributed by atoms with Crippen LogP contribution >= 0.6 is 11.3 Å². The van der Waals surface area contributed by atoms with Gasteiger partial charge in [0, 0.05) is 42.7 Å². The van der Waals surface area contributed by atoms with E-state index in [4.69, 9.17) is 14.7 Å². The van der Waals surface area contributed by atoms with E-state index < -0.39 is 0 Å². The summed E-state index contributed by atoms with van der Waals surface area (Å²) in [4.78, 5) is 16.2. The number of thiophene rings is 1. The summed E-state index contributed by atoms with van der Waals surface area (Å²) in [5, 5.41) is 13.1. The number of nitrogens with zero attached hydrogens (tertiary/aromatic N) is 4. The summed E-state index contributed by atoms with van der Waals surface area (Å²) in [7, 11) is 0. The van der Waals surface area contributed by atoms with Gasteiger partial charge in [-0.3, -0.25) is 0 Å². The van der Waals surface area contributed by atoms with E-state index in [-0.39, 0.29) is 0 Å². The minimum atomic E-state index is 0.297. The number of fused-ring (bicyclic) bond motifs is 3. The van der Waals surface area contributed by atoms with Crippen molar-refractivity contribution in [3.05, 3.63) is 35.7 Å². The van der Waals surface area contributed by atoms with Gasteiger partial charge in [-0.1, -0.05) is 30.3 Å². The second-order valence-corrected chi connectivity index (χ2v) is 9.81. The maximum absolute atomic E-state index is 9.71. The number of piperidine rings is 1. The fourth-order valence-electron chi connectivity index (χ4n) is 5.63. The summed E-state index contributed by atoms with van der Waals surface area (Å²) in [5.41, 5.74) is 2.43. The predicted octanol–water partition coefficient (Wildman–Crippen LogP) is 3.93. The Morgan fingerprint density at radius 3 is 2.48 bits per heavy atom. The van der Waals surface area contributed by atoms with Gasteiger partial charge >= 0.3 is 0 Å². The van der Waals surface area contributed by atoms with Gasteiger partial charge in [-0.2, -0.15) is 4.98 Å². The summed E-state index contributed by atoms with van der Waals surface area (Å²) in [6.45, 7) is 3.48. The Labute approximate surface area is 186 Å². The molecule has 0 spiro atoms. The van der Waals surface area contributed by atoms with E-state index in [0.717, 1.165) is 55.7 Å². The maximum atomic E-state index is 9.71. The van der Waals surface area contributed by atoms with Crippen molar-refractivity contribution < 1.29 is 9.84 Å². The van der Waals surface area contributed by atoms with Gasteiger partial charge in [0.05, 0.1) is 18.6 Å². The number of rotatable bonds is 4. The van der Waals surface area contributed by atoms with E-state index >= 15 is 0 Å². The Hall–Kier alpha value is -2.22. The van der Waals surface area contributed by atoms with E-state index in [9.17, 15) is 5.11 Å². The van der Waals surface area contributed by atoms with Crippen molar-refractivity contribution in [1.82, 2.24) is 9.97 Å². The first-order chi connectivity index (χ1) is 15.3. The van der Waals surface area contributed by atoms with Crippen LogP contribution in [-0.2, 0) is 4.74 Å². The molecule has 3 fully saturated rings. The molecule has 0 saturated carbocycles. The van der Waals surface area contributed by atoms with Gasteiger partial charge in [0.2, 0.25) is 5.95 Å². The Morgan fingerprint density at radius 2 is 1.77 bits per heavy atom. The van der Waals surface area contributed by atoms with Crippen LogP contribution in [0.25, 0.3) is 21.3 Å². The fourth-order valence-corrected chi connectivity index (χ4v) is 6.56. The van der Waals surface area contributed by atoms with Gasteiger partial charge < -0.3 is 19.6 Å². The summed E-state index contributed by atoms with van der Waals surface area (Å²) in [6, 6.07) is 11.5. The molecule has 0 radical (unpaired) electrons. The lowest BCUT2D eigenvalue weighted by Crippen LogP contribution is -2.45. The van der Waals surface area contributed by atoms with Crippen LogP contribution in [0.3, 0.4) is 0 Å². The zero-order chi connectivity index (χ0) is 20.8. The van der Waals surface area contributed by atoms with Crippen LogP contribution in [0.1, 0.15) is 25.7 Å². The molecule has 0 amide bonds. The largest absolute Gasteiger partial charge is 0.396 e. The first kappa shape index (κ1) is 19.5. The number of aliphatic hydroxyl groups is 1. The third kappa shape index (κ3) is 3.39. The molecule has 162 valence electrons. The Morgan fingerprint density at radius 1 is 1.03 bits per heavy atom. The minimum Gasteiger partial charge on any atom is -0.396 e. The molecule has 6 rings (SSSR count). The highest BCUT2D eigenvalue weighted by Gasteiger charge is 2.42. The second kappa shape index (κ2) is 8.04. The zero-order valence-corrected chi connectivity index (χ0v) is 18.4. The van der Waals surface area contributed by atoms with Crippen LogP contribution in [0.4, 0.5) is 11.8 Å². The number of anilines is 2. The molecular formula is C24H28N4O2S. The van der Waals surface area contributed by atoms with E-state index in [1.54, 1.807) is 11.3 Å². The molecule has 1 aromatic carbocycles. The van der Waals surface area contributed by atoms with E-state index in [0.29, 0.717) is 24.6 Å². The van der Waals surface area contributed by atoms with Crippen molar-refractivity contribution in [1.29, 1.82) is 0 Å². The van der Waals surface area contributed by atoms with E-state index in [1.165, 1.54) is 29.4 Å². The third-order valence-electron chi connectivity index (χ3n) is 7.12. The highest BCUT2D eigenvalue weighted by atomic mass is 32.1. The average Bonchev–Trinajstić information content (AvgIpc) is 3.37. The van der Waals surface area contributed by atoms with Crippen molar-refractivity contribution in [3.8, 4) is 11.1 Å². The van der Waals surface area contributed by atoms with E-state index in [1.807, 2.05) is 0 Å². The number of hydrogen-bond acceptors (Lipinski definition) is 7. The number of hydrogen-bond donors (Lipinski definition) is 1. The van der Waals surface area contributed by atoms with Crippen LogP contribution in [-0.4, -0.2) is 60.1 Å². The molecule has 5 heterocycles. The summed E-state index contributed by atoms with van der Waals surface area (Å²) in [5.74, 6) is 2.34. The third-order valence-corrected chi connectivity index (χ3v) is 7.99. The van der Waals surface area contributed by atoms with Crippen LogP contribution < -0.4 is 9.80 Å². The molecule has 2 unspecified atom stereocenters. The number of benzene rings is 1. The molecule has 6 nitrogen and oxygen atoms in total. The monoisotopic (exact) mass is 436 g/mol. The molecule has 2 aromatic heterocycles. The first-order valence-electron chi connectivity index (χ1n) is 11.4. The molecule has 3 aliphatic heterocycles. The molecular weight excluding hydrogens is 408 g/mol. The van der Waals surface area contributed by atoms with Gasteiger partial charge in [0.25, 0.3) is 0 Å². The number of morpholine rings is 1. The molecule has 1 N–H and O–H groups in total. The molecule has 3 aliphatic rings. The first-order valence-corrected chi connectivity index (χ1v) is 12.3. The van der Waals surface area contributed by atoms with Gasteiger partial charge in [0.1, 0.15) is 10.6 Å². The highest BCUT2D eigenvalue weighted by Crippen LogP contribution is 2.44. The van der Waals surface area contributed by atoms with Crippen LogP contribution in [0.15, 0.2) is 35.7 Å². The summed E-state index contributed by atoms with van der Waals surface area (Å²) in [6.07, 6.45) is 4.44. The zero-order valence-electron chi connectivity index (χ0n) is 17.6. The lowest BCUT2D eigenvalue weighted by atomic mass is 9.92. The van der Waals surface area contributed by atoms with Gasteiger partial charge in [-0.15, -0.1) is 11.3 Å². The standard InChI is InChI=1S/C24H28N4O2S/c29-14-16-12-18-6-7-19(13-16)28(18)24-25-22(27-8-10-30-11-9-27)21-20(15-31-23(21)26-24)17-4-2-1-3-5-17/h1-5,15-16,18-19,29H,6-14H2. The van der Waals surface area contributed by atoms with Crippen molar-refractivity contribution in [2.24, 2.45) is 5.92 Å². The maximum Gasteiger partial charge on any atom is 0.229 e. The normalized spacial score (nSPS) is 26.0. The van der Waals surface area contributed by atoms with Gasteiger partial charge in [0.15, 0.2) is 0 Å². The molecule has 2 bridgehead atoms. The van der Waals surface area contributed by atoms with Crippen molar-refractivity contribution in [2.75, 3.05) is 42.7 Å². The van der Waals surface area contributed by atoms with Crippen molar-refractivity contribution in [3.63, 3.8) is 0 Å². The highest BCUT2D eigenvalue weighted by molar-refractivity contribution is 7.17.